The van der Waals surface area contributed by atoms with Gasteiger partial charge in [0.25, 0.3) is 0 Å². The maximum atomic E-state index is 13.2. The standard InChI is InChI=1S/C50H91NO18/c1-3-5-7-9-11-13-15-16-17-18-19-21-23-25-27-34(55)33(51-38(56)28-26-24-22-20-14-12-10-8-6-4-2)32-64-48-44(62)41(59)46(36(30-53)66-48)69-50-45(63)42(60)47(37(31-54)67-50)68-49-43(61)40(58)39(57)35(29-52)65-49/h8,10,25,27,33-37,39-50,52-55,57-63H,3-7,9,11-24,26,28-32H2,1-2H3,(H,51,56)/b10-8-,27-25+. The summed E-state index contributed by atoms with van der Waals surface area (Å²) < 4.78 is 34.1. The maximum Gasteiger partial charge on any atom is 0.220 e. The molecule has 0 spiro atoms. The van der Waals surface area contributed by atoms with Crippen molar-refractivity contribution in [3.05, 3.63) is 24.3 Å². The van der Waals surface area contributed by atoms with Gasteiger partial charge in [-0.3, -0.25) is 4.79 Å². The average molecular weight is 994 g/mol. The second-order valence-corrected chi connectivity index (χ2v) is 19.0. The molecule has 19 nitrogen and oxygen atoms in total. The molecular formula is C50H91NO18. The predicted molar refractivity (Wildman–Crippen MR) is 254 cm³/mol. The van der Waals surface area contributed by atoms with Gasteiger partial charge in [0, 0.05) is 6.42 Å². The van der Waals surface area contributed by atoms with E-state index in [0.29, 0.717) is 6.42 Å². The van der Waals surface area contributed by atoms with Crippen molar-refractivity contribution in [2.75, 3.05) is 26.4 Å². The topological polar surface area (TPSA) is 307 Å². The highest BCUT2D eigenvalue weighted by Gasteiger charge is 2.53. The third kappa shape index (κ3) is 21.3. The second-order valence-electron chi connectivity index (χ2n) is 19.0. The lowest BCUT2D eigenvalue weighted by Gasteiger charge is -2.48. The highest BCUT2D eigenvalue weighted by Crippen LogP contribution is 2.33. The predicted octanol–water partition coefficient (Wildman–Crippen LogP) is 2.03. The number of aliphatic hydroxyl groups excluding tert-OH is 11. The number of nitrogens with one attached hydrogen (secondary N) is 1. The van der Waals surface area contributed by atoms with Gasteiger partial charge in [-0.1, -0.05) is 134 Å². The maximum absolute atomic E-state index is 13.2. The minimum Gasteiger partial charge on any atom is -0.394 e. The van der Waals surface area contributed by atoms with Crippen molar-refractivity contribution in [2.45, 2.75) is 259 Å². The SMILES string of the molecule is CCC/C=C\CCCCCCCC(=O)NC(COC1OC(CO)C(OC2OC(CO)C(OC3OC(CO)C(O)C(O)C3O)C(O)C2O)C(O)C1O)C(O)/C=C/CCCCCCCCCCCCCC. The summed E-state index contributed by atoms with van der Waals surface area (Å²) in [6.45, 7) is 1.61. The first-order valence-corrected chi connectivity index (χ1v) is 26.1. The molecule has 12 N–H and O–H groups in total. The summed E-state index contributed by atoms with van der Waals surface area (Å²) in [7, 11) is 0. The summed E-state index contributed by atoms with van der Waals surface area (Å²) in [5.74, 6) is -0.290. The Kier molecular flexibility index (Phi) is 31.6. The molecule has 19 heteroatoms. The molecule has 17 atom stereocenters. The Bertz CT molecular complexity index is 1380. The van der Waals surface area contributed by atoms with E-state index >= 15 is 0 Å². The molecule has 3 aliphatic rings. The number of allylic oxidation sites excluding steroid dienone is 3. The number of hydrogen-bond acceptors (Lipinski definition) is 18. The summed E-state index contributed by atoms with van der Waals surface area (Å²) in [5.41, 5.74) is 0. The Hall–Kier alpha value is -1.73. The van der Waals surface area contributed by atoms with Gasteiger partial charge in [-0.2, -0.15) is 0 Å². The highest BCUT2D eigenvalue weighted by atomic mass is 16.8. The van der Waals surface area contributed by atoms with Crippen LogP contribution >= 0.6 is 0 Å². The first-order chi connectivity index (χ1) is 33.3. The van der Waals surface area contributed by atoms with Crippen LogP contribution in [0, 0.1) is 0 Å². The molecule has 17 unspecified atom stereocenters. The van der Waals surface area contributed by atoms with Crippen molar-refractivity contribution in [3.8, 4) is 0 Å². The van der Waals surface area contributed by atoms with Gasteiger partial charge in [0.1, 0.15) is 73.2 Å². The van der Waals surface area contributed by atoms with Gasteiger partial charge in [-0.15, -0.1) is 0 Å². The molecular weight excluding hydrogens is 903 g/mol. The van der Waals surface area contributed by atoms with Crippen LogP contribution in [0.15, 0.2) is 24.3 Å². The summed E-state index contributed by atoms with van der Waals surface area (Å²) in [5, 5.41) is 119. The number of carbonyl (C=O) groups is 1. The van der Waals surface area contributed by atoms with E-state index in [4.69, 9.17) is 28.4 Å². The minimum atomic E-state index is -1.98. The van der Waals surface area contributed by atoms with E-state index in [9.17, 15) is 61.0 Å². The molecule has 69 heavy (non-hydrogen) atoms. The van der Waals surface area contributed by atoms with E-state index in [0.717, 1.165) is 70.6 Å². The largest absolute Gasteiger partial charge is 0.394 e. The summed E-state index contributed by atoms with van der Waals surface area (Å²) in [6, 6.07) is -0.971. The average Bonchev–Trinajstić information content (AvgIpc) is 3.34. The van der Waals surface area contributed by atoms with Crippen molar-refractivity contribution < 1.29 is 89.4 Å². The van der Waals surface area contributed by atoms with Gasteiger partial charge in [0.15, 0.2) is 18.9 Å². The fraction of sp³-hybridized carbons (Fsp3) is 0.900. The van der Waals surface area contributed by atoms with Crippen molar-refractivity contribution in [1.29, 1.82) is 0 Å². The summed E-state index contributed by atoms with van der Waals surface area (Å²) in [4.78, 5) is 13.2. The third-order valence-electron chi connectivity index (χ3n) is 13.2. The minimum absolute atomic E-state index is 0.233. The third-order valence-corrected chi connectivity index (χ3v) is 13.2. The highest BCUT2D eigenvalue weighted by molar-refractivity contribution is 5.76. The number of hydrogen-bond donors (Lipinski definition) is 12. The van der Waals surface area contributed by atoms with E-state index in [1.807, 2.05) is 6.08 Å². The number of unbranched alkanes of at least 4 members (excludes halogenated alkanes) is 18. The number of rotatable bonds is 36. The van der Waals surface area contributed by atoms with Crippen molar-refractivity contribution >= 4 is 5.91 Å². The zero-order chi connectivity index (χ0) is 50.6. The molecule has 0 aromatic rings. The number of carbonyl (C=O) groups excluding carboxylic acids is 1. The Morgan fingerprint density at radius 3 is 1.46 bits per heavy atom. The smallest absolute Gasteiger partial charge is 0.220 e. The van der Waals surface area contributed by atoms with Gasteiger partial charge in [-0.05, 0) is 38.5 Å². The van der Waals surface area contributed by atoms with Crippen LogP contribution < -0.4 is 5.32 Å². The Balaban J connectivity index is 1.57. The number of amides is 1. The molecule has 3 aliphatic heterocycles. The zero-order valence-corrected chi connectivity index (χ0v) is 41.3. The van der Waals surface area contributed by atoms with Crippen LogP contribution in [-0.4, -0.2) is 193 Å². The molecule has 0 bridgehead atoms. The fourth-order valence-corrected chi connectivity index (χ4v) is 8.84. The first kappa shape index (κ1) is 61.6. The normalized spacial score (nSPS) is 33.0. The van der Waals surface area contributed by atoms with E-state index in [1.54, 1.807) is 6.08 Å². The van der Waals surface area contributed by atoms with Crippen LogP contribution in [0.4, 0.5) is 0 Å². The molecule has 0 aliphatic carbocycles. The summed E-state index contributed by atoms with van der Waals surface area (Å²) >= 11 is 0. The van der Waals surface area contributed by atoms with Crippen LogP contribution in [0.2, 0.25) is 0 Å². The lowest BCUT2D eigenvalue weighted by Crippen LogP contribution is -2.66. The Morgan fingerprint density at radius 1 is 0.507 bits per heavy atom. The molecule has 1 amide bonds. The van der Waals surface area contributed by atoms with Gasteiger partial charge in [0.05, 0.1) is 38.6 Å². The van der Waals surface area contributed by atoms with Crippen molar-refractivity contribution in [2.24, 2.45) is 0 Å². The van der Waals surface area contributed by atoms with Gasteiger partial charge >= 0.3 is 0 Å². The number of aliphatic hydroxyl groups is 11. The quantitative estimate of drug-likeness (QED) is 0.0316. The van der Waals surface area contributed by atoms with Crippen molar-refractivity contribution in [3.63, 3.8) is 0 Å². The summed E-state index contributed by atoms with van der Waals surface area (Å²) in [6.07, 6.45) is 4.75. The Morgan fingerprint density at radius 2 is 0.942 bits per heavy atom. The van der Waals surface area contributed by atoms with Crippen LogP contribution in [0.3, 0.4) is 0 Å². The first-order valence-electron chi connectivity index (χ1n) is 26.1. The van der Waals surface area contributed by atoms with Gasteiger partial charge in [-0.25, -0.2) is 0 Å². The fourth-order valence-electron chi connectivity index (χ4n) is 8.84. The van der Waals surface area contributed by atoms with Gasteiger partial charge in [0.2, 0.25) is 5.91 Å². The van der Waals surface area contributed by atoms with Crippen molar-refractivity contribution in [1.82, 2.24) is 5.32 Å². The molecule has 0 saturated carbocycles. The molecule has 0 radical (unpaired) electrons. The molecule has 3 saturated heterocycles. The van der Waals surface area contributed by atoms with Crippen LogP contribution in [0.5, 0.6) is 0 Å². The monoisotopic (exact) mass is 994 g/mol. The molecule has 0 aromatic carbocycles. The zero-order valence-electron chi connectivity index (χ0n) is 41.3. The van der Waals surface area contributed by atoms with E-state index < -0.39 is 124 Å². The molecule has 3 heterocycles. The second kappa shape index (κ2) is 35.4. The molecule has 0 aromatic heterocycles. The lowest BCUT2D eigenvalue weighted by atomic mass is 9.96. The van der Waals surface area contributed by atoms with Gasteiger partial charge < -0.3 is 89.9 Å². The molecule has 404 valence electrons. The lowest BCUT2D eigenvalue weighted by molar-refractivity contribution is -0.379. The van der Waals surface area contributed by atoms with E-state index in [2.05, 4.69) is 31.3 Å². The number of ether oxygens (including phenoxy) is 6. The molecule has 3 fully saturated rings. The molecule has 3 rings (SSSR count). The Labute approximate surface area is 409 Å². The van der Waals surface area contributed by atoms with Crippen LogP contribution in [-0.2, 0) is 33.2 Å². The van der Waals surface area contributed by atoms with Crippen LogP contribution in [0.25, 0.3) is 0 Å². The van der Waals surface area contributed by atoms with Crippen LogP contribution in [0.1, 0.15) is 155 Å². The van der Waals surface area contributed by atoms with E-state index in [-0.39, 0.29) is 18.9 Å². The van der Waals surface area contributed by atoms with E-state index in [1.165, 1.54) is 57.8 Å².